The van der Waals surface area contributed by atoms with E-state index in [1.54, 1.807) is 12.3 Å². The van der Waals surface area contributed by atoms with E-state index >= 15 is 0 Å². The molecule has 0 aliphatic heterocycles. The molecule has 0 bridgehead atoms. The van der Waals surface area contributed by atoms with Crippen molar-refractivity contribution < 1.29 is 8.42 Å². The molecule has 0 radical (unpaired) electrons. The topological polar surface area (TPSA) is 59.9 Å². The molecule has 0 atom stereocenters. The van der Waals surface area contributed by atoms with Gasteiger partial charge in [0.2, 0.25) is 14.2 Å². The molecule has 14 heavy (non-hydrogen) atoms. The van der Waals surface area contributed by atoms with E-state index in [4.69, 9.17) is 0 Å². The quantitative estimate of drug-likeness (QED) is 0.805. The van der Waals surface area contributed by atoms with Crippen LogP contribution in [0.1, 0.15) is 0 Å². The lowest BCUT2D eigenvalue weighted by Gasteiger charge is -1.86. The predicted octanol–water partition coefficient (Wildman–Crippen LogP) is 1.86. The first-order valence-electron chi connectivity index (χ1n) is 3.59. The Bertz CT molecular complexity index is 591. The molecule has 2 heterocycles. The molecule has 2 rings (SSSR count). The van der Waals surface area contributed by atoms with Gasteiger partial charge in [-0.1, -0.05) is 11.3 Å². The van der Waals surface area contributed by atoms with Crippen LogP contribution in [0.2, 0.25) is 0 Å². The lowest BCUT2D eigenvalue weighted by molar-refractivity contribution is 0.601. The molecular formula is C7H5BrN2O2S2. The number of fused-ring (bicyclic) bond motifs is 1. The fourth-order valence-electron chi connectivity index (χ4n) is 0.937. The number of hydrogen-bond acceptors (Lipinski definition) is 5. The molecule has 0 aromatic carbocycles. The summed E-state index contributed by atoms with van der Waals surface area (Å²) in [5.74, 6) is 0. The summed E-state index contributed by atoms with van der Waals surface area (Å²) in [7, 11) is -3.23. The number of pyridine rings is 1. The van der Waals surface area contributed by atoms with Gasteiger partial charge < -0.3 is 0 Å². The first-order valence-corrected chi connectivity index (χ1v) is 7.09. The Hall–Kier alpha value is -0.530. The third kappa shape index (κ3) is 1.79. The van der Waals surface area contributed by atoms with E-state index in [1.807, 2.05) is 0 Å². The normalized spacial score (nSPS) is 12.1. The van der Waals surface area contributed by atoms with Crippen molar-refractivity contribution in [3.05, 3.63) is 16.7 Å². The standard InChI is InChI=1S/C7H5BrN2O2S2/c1-14(11,12)7-10-5-2-4(8)3-9-6(5)13-7/h2-3H,1H3. The average Bonchev–Trinajstić information content (AvgIpc) is 2.45. The van der Waals surface area contributed by atoms with Gasteiger partial charge in [-0.15, -0.1) is 0 Å². The van der Waals surface area contributed by atoms with Crippen LogP contribution in [0.15, 0.2) is 21.1 Å². The molecule has 2 aromatic heterocycles. The smallest absolute Gasteiger partial charge is 0.211 e. The second-order valence-electron chi connectivity index (χ2n) is 2.73. The molecule has 0 saturated heterocycles. The molecule has 0 fully saturated rings. The molecule has 2 aromatic rings. The minimum atomic E-state index is -3.23. The fourth-order valence-corrected chi connectivity index (χ4v) is 2.99. The van der Waals surface area contributed by atoms with E-state index in [0.29, 0.717) is 10.3 Å². The van der Waals surface area contributed by atoms with Crippen LogP contribution in [0.5, 0.6) is 0 Å². The average molecular weight is 293 g/mol. The van der Waals surface area contributed by atoms with Gasteiger partial charge in [-0.05, 0) is 22.0 Å². The minimum Gasteiger partial charge on any atom is -0.242 e. The van der Waals surface area contributed by atoms with E-state index < -0.39 is 9.84 Å². The molecule has 74 valence electrons. The number of nitrogens with zero attached hydrogens (tertiary/aromatic N) is 2. The SMILES string of the molecule is CS(=O)(=O)c1nc2cc(Br)cnc2s1. The number of aromatic nitrogens is 2. The summed E-state index contributed by atoms with van der Waals surface area (Å²) in [5, 5.41) is 0. The van der Waals surface area contributed by atoms with Crippen molar-refractivity contribution in [2.24, 2.45) is 0 Å². The Labute approximate surface area is 93.1 Å². The molecule has 0 amide bonds. The van der Waals surface area contributed by atoms with Crippen molar-refractivity contribution in [1.82, 2.24) is 9.97 Å². The van der Waals surface area contributed by atoms with Crippen molar-refractivity contribution in [2.45, 2.75) is 4.34 Å². The van der Waals surface area contributed by atoms with Gasteiger partial charge in [0.1, 0.15) is 10.3 Å². The molecule has 0 aliphatic rings. The molecule has 0 unspecified atom stereocenters. The Kier molecular flexibility index (Phi) is 2.32. The van der Waals surface area contributed by atoms with Crippen LogP contribution < -0.4 is 0 Å². The third-order valence-corrected chi connectivity index (χ3v) is 4.60. The number of halogens is 1. The predicted molar refractivity (Wildman–Crippen MR) is 58.2 cm³/mol. The van der Waals surface area contributed by atoms with Gasteiger partial charge in [0, 0.05) is 16.9 Å². The van der Waals surface area contributed by atoms with Gasteiger partial charge in [-0.2, -0.15) is 0 Å². The van der Waals surface area contributed by atoms with Crippen LogP contribution >= 0.6 is 27.3 Å². The van der Waals surface area contributed by atoms with Gasteiger partial charge in [0.25, 0.3) is 0 Å². The largest absolute Gasteiger partial charge is 0.242 e. The zero-order valence-corrected chi connectivity index (χ0v) is 10.3. The van der Waals surface area contributed by atoms with E-state index in [2.05, 4.69) is 25.9 Å². The minimum absolute atomic E-state index is 0.109. The van der Waals surface area contributed by atoms with E-state index in [0.717, 1.165) is 22.1 Å². The van der Waals surface area contributed by atoms with Crippen molar-refractivity contribution in [1.29, 1.82) is 0 Å². The van der Waals surface area contributed by atoms with Crippen molar-refractivity contribution in [2.75, 3.05) is 6.26 Å². The van der Waals surface area contributed by atoms with Gasteiger partial charge in [-0.25, -0.2) is 18.4 Å². The van der Waals surface area contributed by atoms with Crippen molar-refractivity contribution >= 4 is 47.5 Å². The summed E-state index contributed by atoms with van der Waals surface area (Å²) in [5.41, 5.74) is 0.602. The molecule has 0 saturated carbocycles. The number of hydrogen-bond donors (Lipinski definition) is 0. The molecular weight excluding hydrogens is 288 g/mol. The molecule has 0 aliphatic carbocycles. The molecule has 4 nitrogen and oxygen atoms in total. The number of rotatable bonds is 1. The van der Waals surface area contributed by atoms with Crippen LogP contribution in [-0.2, 0) is 9.84 Å². The molecule has 0 spiro atoms. The summed E-state index contributed by atoms with van der Waals surface area (Å²) in [6.45, 7) is 0. The Morgan fingerprint density at radius 1 is 1.50 bits per heavy atom. The van der Waals surface area contributed by atoms with Gasteiger partial charge >= 0.3 is 0 Å². The summed E-state index contributed by atoms with van der Waals surface area (Å²) >= 11 is 4.33. The van der Waals surface area contributed by atoms with Crippen LogP contribution in [0, 0.1) is 0 Å². The number of thiazole rings is 1. The van der Waals surface area contributed by atoms with Crippen LogP contribution in [0.3, 0.4) is 0 Å². The summed E-state index contributed by atoms with van der Waals surface area (Å²) in [6, 6.07) is 1.74. The molecule has 7 heteroatoms. The zero-order chi connectivity index (χ0) is 10.3. The highest BCUT2D eigenvalue weighted by Crippen LogP contribution is 2.25. The van der Waals surface area contributed by atoms with E-state index in [9.17, 15) is 8.42 Å². The monoisotopic (exact) mass is 292 g/mol. The highest BCUT2D eigenvalue weighted by atomic mass is 79.9. The van der Waals surface area contributed by atoms with Gasteiger partial charge in [0.15, 0.2) is 0 Å². The zero-order valence-electron chi connectivity index (χ0n) is 7.06. The fraction of sp³-hybridized carbons (Fsp3) is 0.143. The highest BCUT2D eigenvalue weighted by Gasteiger charge is 2.14. The maximum Gasteiger partial charge on any atom is 0.211 e. The maximum absolute atomic E-state index is 11.2. The van der Waals surface area contributed by atoms with Gasteiger partial charge in [-0.3, -0.25) is 0 Å². The second kappa shape index (κ2) is 3.25. The van der Waals surface area contributed by atoms with Crippen molar-refractivity contribution in [3.8, 4) is 0 Å². The Balaban J connectivity index is 2.75. The van der Waals surface area contributed by atoms with Crippen LogP contribution in [0.4, 0.5) is 0 Å². The van der Waals surface area contributed by atoms with Crippen LogP contribution in [-0.4, -0.2) is 24.6 Å². The lowest BCUT2D eigenvalue weighted by atomic mass is 10.5. The van der Waals surface area contributed by atoms with E-state index in [-0.39, 0.29) is 4.34 Å². The van der Waals surface area contributed by atoms with E-state index in [1.165, 1.54) is 0 Å². The lowest BCUT2D eigenvalue weighted by Crippen LogP contribution is -1.94. The highest BCUT2D eigenvalue weighted by molar-refractivity contribution is 9.10. The number of sulfone groups is 1. The summed E-state index contributed by atoms with van der Waals surface area (Å²) in [6.07, 6.45) is 2.76. The summed E-state index contributed by atoms with van der Waals surface area (Å²) < 4.78 is 23.3. The first kappa shape index (κ1) is 10.0. The summed E-state index contributed by atoms with van der Waals surface area (Å²) in [4.78, 5) is 8.68. The third-order valence-electron chi connectivity index (χ3n) is 1.51. The Morgan fingerprint density at radius 2 is 2.21 bits per heavy atom. The maximum atomic E-state index is 11.2. The van der Waals surface area contributed by atoms with Crippen LogP contribution in [0.25, 0.3) is 10.3 Å². The first-order chi connectivity index (χ1) is 6.47. The van der Waals surface area contributed by atoms with Gasteiger partial charge in [0.05, 0.1) is 0 Å². The van der Waals surface area contributed by atoms with Crippen molar-refractivity contribution in [3.63, 3.8) is 0 Å². The molecule has 0 N–H and O–H groups in total. The Morgan fingerprint density at radius 3 is 2.86 bits per heavy atom. The second-order valence-corrected chi connectivity index (χ2v) is 6.81.